The molecule has 0 unspecified atom stereocenters. The zero-order chi connectivity index (χ0) is 18.7. The van der Waals surface area contributed by atoms with Gasteiger partial charge in [0.1, 0.15) is 17.7 Å². The number of nitrogens with zero attached hydrogens (tertiary/aromatic N) is 3. The molecule has 0 saturated heterocycles. The van der Waals surface area contributed by atoms with E-state index in [-0.39, 0.29) is 11.7 Å². The molecule has 0 saturated carbocycles. The van der Waals surface area contributed by atoms with Crippen molar-refractivity contribution in [3.63, 3.8) is 0 Å². The van der Waals surface area contributed by atoms with Gasteiger partial charge in [-0.1, -0.05) is 18.2 Å². The van der Waals surface area contributed by atoms with Gasteiger partial charge in [0.2, 0.25) is 5.91 Å². The van der Waals surface area contributed by atoms with Gasteiger partial charge in [-0.25, -0.2) is 14.4 Å². The Morgan fingerprint density at radius 2 is 2.04 bits per heavy atom. The third kappa shape index (κ3) is 3.90. The molecule has 138 valence electrons. The molecular formula is C20H25FN4O. The zero-order valence-corrected chi connectivity index (χ0v) is 15.6. The van der Waals surface area contributed by atoms with Crippen LogP contribution < -0.4 is 5.32 Å². The SMILES string of the molecule is Cc1nc(CCNC(=O)[C@@H](c2ccccc2F)N(C)C)nc2c1CCC2. The van der Waals surface area contributed by atoms with E-state index in [0.29, 0.717) is 18.5 Å². The average Bonchev–Trinajstić information content (AvgIpc) is 3.06. The van der Waals surface area contributed by atoms with Gasteiger partial charge in [-0.05, 0) is 51.9 Å². The summed E-state index contributed by atoms with van der Waals surface area (Å²) in [5.41, 5.74) is 3.85. The predicted molar refractivity (Wildman–Crippen MR) is 98.3 cm³/mol. The molecule has 1 aromatic carbocycles. The van der Waals surface area contributed by atoms with Crippen LogP contribution in [0.4, 0.5) is 4.39 Å². The number of aryl methyl sites for hydroxylation is 2. The van der Waals surface area contributed by atoms with Crippen molar-refractivity contribution >= 4 is 5.91 Å². The molecule has 0 aliphatic heterocycles. The smallest absolute Gasteiger partial charge is 0.242 e. The summed E-state index contributed by atoms with van der Waals surface area (Å²) in [6.45, 7) is 2.45. The van der Waals surface area contributed by atoms with Gasteiger partial charge in [-0.3, -0.25) is 9.69 Å². The minimum Gasteiger partial charge on any atom is -0.354 e. The molecule has 1 N–H and O–H groups in total. The maximum Gasteiger partial charge on any atom is 0.242 e. The Balaban J connectivity index is 1.64. The van der Waals surface area contributed by atoms with Gasteiger partial charge < -0.3 is 5.32 Å². The summed E-state index contributed by atoms with van der Waals surface area (Å²) in [5.74, 6) is 0.160. The fourth-order valence-corrected chi connectivity index (χ4v) is 3.54. The fraction of sp³-hybridized carbons (Fsp3) is 0.450. The molecule has 1 amide bonds. The van der Waals surface area contributed by atoms with Crippen LogP contribution in [0.15, 0.2) is 24.3 Å². The molecule has 1 aromatic heterocycles. The first kappa shape index (κ1) is 18.5. The molecule has 1 aliphatic carbocycles. The molecular weight excluding hydrogens is 331 g/mol. The van der Waals surface area contributed by atoms with Gasteiger partial charge in [-0.2, -0.15) is 0 Å². The lowest BCUT2D eigenvalue weighted by Crippen LogP contribution is -2.38. The number of nitrogens with one attached hydrogen (secondary N) is 1. The van der Waals surface area contributed by atoms with E-state index in [1.807, 2.05) is 6.92 Å². The summed E-state index contributed by atoms with van der Waals surface area (Å²) in [4.78, 5) is 23.5. The van der Waals surface area contributed by atoms with E-state index >= 15 is 0 Å². The van der Waals surface area contributed by atoms with Gasteiger partial charge in [0.25, 0.3) is 0 Å². The van der Waals surface area contributed by atoms with E-state index in [4.69, 9.17) is 0 Å². The molecule has 0 fully saturated rings. The molecule has 2 aromatic rings. The van der Waals surface area contributed by atoms with Crippen molar-refractivity contribution < 1.29 is 9.18 Å². The largest absolute Gasteiger partial charge is 0.354 e. The van der Waals surface area contributed by atoms with Crippen LogP contribution in [0.25, 0.3) is 0 Å². The summed E-state index contributed by atoms with van der Waals surface area (Å²) >= 11 is 0. The maximum atomic E-state index is 14.1. The maximum absolute atomic E-state index is 14.1. The number of benzene rings is 1. The van der Waals surface area contributed by atoms with Crippen molar-refractivity contribution in [3.05, 3.63) is 58.4 Å². The summed E-state index contributed by atoms with van der Waals surface area (Å²) < 4.78 is 14.1. The van der Waals surface area contributed by atoms with Crippen LogP contribution in [0.5, 0.6) is 0 Å². The number of hydrogen-bond donors (Lipinski definition) is 1. The highest BCUT2D eigenvalue weighted by Gasteiger charge is 2.25. The number of carbonyl (C=O) groups is 1. The van der Waals surface area contributed by atoms with E-state index in [9.17, 15) is 9.18 Å². The van der Waals surface area contributed by atoms with Crippen LogP contribution in [-0.2, 0) is 24.1 Å². The third-order valence-corrected chi connectivity index (χ3v) is 4.80. The molecule has 0 radical (unpaired) electrons. The third-order valence-electron chi connectivity index (χ3n) is 4.80. The Bertz CT molecular complexity index is 806. The van der Waals surface area contributed by atoms with Gasteiger partial charge in [0.15, 0.2) is 0 Å². The summed E-state index contributed by atoms with van der Waals surface area (Å²) in [6.07, 6.45) is 3.77. The average molecular weight is 356 g/mol. The number of hydrogen-bond acceptors (Lipinski definition) is 4. The summed E-state index contributed by atoms with van der Waals surface area (Å²) in [6, 6.07) is 5.71. The Labute approximate surface area is 153 Å². The second-order valence-electron chi connectivity index (χ2n) is 6.93. The highest BCUT2D eigenvalue weighted by molar-refractivity contribution is 5.83. The number of halogens is 1. The zero-order valence-electron chi connectivity index (χ0n) is 15.6. The lowest BCUT2D eigenvalue weighted by atomic mass is 10.0. The Hall–Kier alpha value is -2.34. The van der Waals surface area contributed by atoms with E-state index in [1.54, 1.807) is 37.2 Å². The summed E-state index contributed by atoms with van der Waals surface area (Å²) in [7, 11) is 3.54. The number of likely N-dealkylation sites (N-methyl/N-ethyl adjacent to an activating group) is 1. The standard InChI is InChI=1S/C20H25FN4O/c1-13-14-8-6-10-17(14)24-18(23-13)11-12-22-20(26)19(25(2)3)15-7-4-5-9-16(15)21/h4-5,7,9,19H,6,8,10-12H2,1-3H3,(H,22,26)/t19-/m1/s1. The first-order chi connectivity index (χ1) is 12.5. The second kappa shape index (κ2) is 7.91. The van der Waals surface area contributed by atoms with Crippen LogP contribution in [0.1, 0.15) is 40.8 Å². The van der Waals surface area contributed by atoms with Crippen LogP contribution in [0.3, 0.4) is 0 Å². The normalized spacial score (nSPS) is 14.3. The molecule has 26 heavy (non-hydrogen) atoms. The second-order valence-corrected chi connectivity index (χ2v) is 6.93. The highest BCUT2D eigenvalue weighted by atomic mass is 19.1. The van der Waals surface area contributed by atoms with Crippen LogP contribution in [-0.4, -0.2) is 41.4 Å². The minimum atomic E-state index is -0.668. The van der Waals surface area contributed by atoms with Crippen molar-refractivity contribution in [1.82, 2.24) is 20.2 Å². The highest BCUT2D eigenvalue weighted by Crippen LogP contribution is 2.23. The van der Waals surface area contributed by atoms with Crippen LogP contribution >= 0.6 is 0 Å². The molecule has 1 aliphatic rings. The first-order valence-corrected chi connectivity index (χ1v) is 9.01. The van der Waals surface area contributed by atoms with Gasteiger partial charge in [0.05, 0.1) is 0 Å². The molecule has 0 spiro atoms. The summed E-state index contributed by atoms with van der Waals surface area (Å²) in [5, 5.41) is 2.90. The Kier molecular flexibility index (Phi) is 5.61. The molecule has 6 heteroatoms. The predicted octanol–water partition coefficient (Wildman–Crippen LogP) is 2.37. The lowest BCUT2D eigenvalue weighted by Gasteiger charge is -2.24. The molecule has 3 rings (SSSR count). The lowest BCUT2D eigenvalue weighted by molar-refractivity contribution is -0.125. The van der Waals surface area contributed by atoms with Crippen molar-refractivity contribution in [3.8, 4) is 0 Å². The van der Waals surface area contributed by atoms with Crippen molar-refractivity contribution in [2.45, 2.75) is 38.6 Å². The number of fused-ring (bicyclic) bond motifs is 1. The van der Waals surface area contributed by atoms with Gasteiger partial charge in [-0.15, -0.1) is 0 Å². The first-order valence-electron chi connectivity index (χ1n) is 9.01. The number of aromatic nitrogens is 2. The van der Waals surface area contributed by atoms with E-state index < -0.39 is 6.04 Å². The fourth-order valence-electron chi connectivity index (χ4n) is 3.54. The minimum absolute atomic E-state index is 0.224. The quantitative estimate of drug-likeness (QED) is 0.863. The number of carbonyl (C=O) groups excluding carboxylic acids is 1. The van der Waals surface area contributed by atoms with E-state index in [2.05, 4.69) is 15.3 Å². The van der Waals surface area contributed by atoms with Crippen molar-refractivity contribution in [2.75, 3.05) is 20.6 Å². The van der Waals surface area contributed by atoms with E-state index in [1.165, 1.54) is 11.6 Å². The van der Waals surface area contributed by atoms with Crippen LogP contribution in [0.2, 0.25) is 0 Å². The topological polar surface area (TPSA) is 58.1 Å². The molecule has 0 bridgehead atoms. The Morgan fingerprint density at radius 1 is 1.27 bits per heavy atom. The number of rotatable bonds is 6. The van der Waals surface area contributed by atoms with Gasteiger partial charge >= 0.3 is 0 Å². The van der Waals surface area contributed by atoms with Gasteiger partial charge in [0, 0.05) is 29.9 Å². The van der Waals surface area contributed by atoms with Crippen molar-refractivity contribution in [2.24, 2.45) is 0 Å². The monoisotopic (exact) mass is 356 g/mol. The van der Waals surface area contributed by atoms with E-state index in [0.717, 1.165) is 36.5 Å². The van der Waals surface area contributed by atoms with Crippen LogP contribution in [0, 0.1) is 12.7 Å². The Morgan fingerprint density at radius 3 is 2.77 bits per heavy atom. The number of amides is 1. The molecule has 1 heterocycles. The van der Waals surface area contributed by atoms with Crippen molar-refractivity contribution in [1.29, 1.82) is 0 Å². The molecule has 1 atom stereocenters. The molecule has 5 nitrogen and oxygen atoms in total.